The number of rotatable bonds is 16. The number of fused-ring (bicyclic) bond motifs is 1. The van der Waals surface area contributed by atoms with Crippen molar-refractivity contribution in [1.29, 1.82) is 0 Å². The van der Waals surface area contributed by atoms with Gasteiger partial charge in [0, 0.05) is 89.8 Å². The lowest BCUT2D eigenvalue weighted by atomic mass is 9.99. The van der Waals surface area contributed by atoms with E-state index >= 15 is 0 Å². The summed E-state index contributed by atoms with van der Waals surface area (Å²) in [6.07, 6.45) is 21.8. The normalized spacial score (nSPS) is 13.3. The van der Waals surface area contributed by atoms with Crippen molar-refractivity contribution >= 4 is 34.3 Å². The molecule has 0 atom stereocenters. The summed E-state index contributed by atoms with van der Waals surface area (Å²) in [5, 5.41) is 8.04. The molecular weight excluding hydrogens is 1030 g/mol. The molecule has 2 saturated carbocycles. The van der Waals surface area contributed by atoms with E-state index in [9.17, 15) is 13.6 Å². The fourth-order valence-electron chi connectivity index (χ4n) is 9.82. The van der Waals surface area contributed by atoms with E-state index in [4.69, 9.17) is 42.1 Å². The number of nitrogens with two attached hydrogens (primary N) is 2. The molecule has 0 bridgehead atoms. The molecular formula is C61H62F2N12O6. The van der Waals surface area contributed by atoms with Gasteiger partial charge >= 0.3 is 5.97 Å². The van der Waals surface area contributed by atoms with Crippen molar-refractivity contribution in [2.24, 2.45) is 0 Å². The van der Waals surface area contributed by atoms with Crippen LogP contribution in [0.4, 0.5) is 26.1 Å². The molecule has 5 heterocycles. The number of aryl methyl sites for hydroxylation is 2. The summed E-state index contributed by atoms with van der Waals surface area (Å²) >= 11 is 0. The van der Waals surface area contributed by atoms with E-state index in [1.165, 1.54) is 61.8 Å². The Labute approximate surface area is 467 Å². The van der Waals surface area contributed by atoms with Crippen LogP contribution in [0.15, 0.2) is 128 Å². The Bertz CT molecular complexity index is 3630. The molecule has 81 heavy (non-hydrogen) atoms. The molecule has 0 amide bonds. The average molecular weight is 1100 g/mol. The summed E-state index contributed by atoms with van der Waals surface area (Å²) < 4.78 is 55.7. The maximum atomic E-state index is 14.3. The van der Waals surface area contributed by atoms with Crippen LogP contribution in [0, 0.1) is 32.1 Å². The largest absolute Gasteiger partial charge is 0.489 e. The molecule has 5 aromatic heterocycles. The van der Waals surface area contributed by atoms with Gasteiger partial charge in [0.05, 0.1) is 23.9 Å². The Morgan fingerprint density at radius 2 is 1.09 bits per heavy atom. The number of carboxylic acids is 1. The zero-order valence-electron chi connectivity index (χ0n) is 45.4. The van der Waals surface area contributed by atoms with Gasteiger partial charge in [-0.3, -0.25) is 14.3 Å². The molecule has 0 aliphatic heterocycles. The summed E-state index contributed by atoms with van der Waals surface area (Å²) in [7, 11) is 3.43. The van der Waals surface area contributed by atoms with E-state index in [2.05, 4.69) is 40.9 Å². The fraction of sp³-hybridized carbons (Fsp3) is 0.279. The Hall–Kier alpha value is -9.48. The smallest absolute Gasteiger partial charge is 0.317 e. The summed E-state index contributed by atoms with van der Waals surface area (Å²) in [5.74, 6) is 3.85. The number of ether oxygens (including phenoxy) is 4. The number of hydrogen-bond acceptors (Lipinski definition) is 14. The Kier molecular flexibility index (Phi) is 18.0. The first-order chi connectivity index (χ1) is 39.2. The molecule has 2 aliphatic rings. The SMILES string of the molecule is CN(C)CC(=O)O.Cc1ncc(COc2cc(F)cc(Oc3ccc(-n4cc(C5CCCC5)c5ncnc(N)c54)cc3)c2)cn1.[C-]#[N+]c1c(N)c(C2CCCC2)cn1-c1ccc(Oc2cc(F)cc(OCc3cnc(C)nc3)c2)cc1. The molecule has 5 N–H and O–H groups in total. The van der Waals surface area contributed by atoms with Crippen LogP contribution >= 0.6 is 0 Å². The third-order valence-corrected chi connectivity index (χ3v) is 13.7. The van der Waals surface area contributed by atoms with Crippen molar-refractivity contribution in [3.8, 4) is 45.9 Å². The lowest BCUT2D eigenvalue weighted by Crippen LogP contribution is -2.20. The topological polar surface area (TPSA) is 221 Å². The van der Waals surface area contributed by atoms with Crippen LogP contribution in [0.3, 0.4) is 0 Å². The minimum absolute atomic E-state index is 0.111. The van der Waals surface area contributed by atoms with Crippen LogP contribution in [0.2, 0.25) is 0 Å². The number of carbonyl (C=O) groups is 1. The van der Waals surface area contributed by atoms with E-state index in [-0.39, 0.29) is 19.8 Å². The van der Waals surface area contributed by atoms with Crippen molar-refractivity contribution in [1.82, 2.24) is 43.9 Å². The first kappa shape index (κ1) is 56.2. The molecule has 18 nitrogen and oxygen atoms in total. The quantitative estimate of drug-likeness (QED) is 0.0766. The summed E-state index contributed by atoms with van der Waals surface area (Å²) in [4.78, 5) is 40.4. The third kappa shape index (κ3) is 14.6. The number of aromatic nitrogens is 8. The highest BCUT2D eigenvalue weighted by atomic mass is 19.1. The molecule has 0 saturated heterocycles. The van der Waals surface area contributed by atoms with Crippen LogP contribution in [0.25, 0.3) is 27.3 Å². The Morgan fingerprint density at radius 1 is 0.642 bits per heavy atom. The van der Waals surface area contributed by atoms with Gasteiger partial charge in [-0.15, -0.1) is 0 Å². The molecule has 20 heteroatoms. The Balaban J connectivity index is 0.000000175. The van der Waals surface area contributed by atoms with Crippen LogP contribution in [-0.4, -0.2) is 75.7 Å². The zero-order chi connectivity index (χ0) is 57.0. The van der Waals surface area contributed by atoms with E-state index in [1.807, 2.05) is 58.7 Å². The van der Waals surface area contributed by atoms with Gasteiger partial charge in [-0.2, -0.15) is 0 Å². The van der Waals surface area contributed by atoms with Crippen LogP contribution in [0.1, 0.15) is 97.1 Å². The van der Waals surface area contributed by atoms with E-state index in [0.717, 1.165) is 64.8 Å². The molecule has 0 unspecified atom stereocenters. The number of nitrogen functional groups attached to an aromatic ring is 2. The molecule has 0 spiro atoms. The average Bonchev–Trinajstić information content (AvgIpc) is 4.28. The van der Waals surface area contributed by atoms with Gasteiger partial charge in [0.2, 0.25) is 0 Å². The first-order valence-electron chi connectivity index (χ1n) is 26.5. The predicted octanol–water partition coefficient (Wildman–Crippen LogP) is 12.8. The first-order valence-corrected chi connectivity index (χ1v) is 26.5. The van der Waals surface area contributed by atoms with Crippen LogP contribution < -0.4 is 30.4 Å². The predicted molar refractivity (Wildman–Crippen MR) is 303 cm³/mol. The number of benzene rings is 4. The van der Waals surface area contributed by atoms with Gasteiger partial charge in [0.25, 0.3) is 5.82 Å². The van der Waals surface area contributed by atoms with Gasteiger partial charge < -0.3 is 44.9 Å². The second-order valence-electron chi connectivity index (χ2n) is 20.1. The van der Waals surface area contributed by atoms with E-state index < -0.39 is 17.6 Å². The highest BCUT2D eigenvalue weighted by Crippen LogP contribution is 2.43. The van der Waals surface area contributed by atoms with Crippen LogP contribution in [0.5, 0.6) is 34.5 Å². The number of hydrogen-bond donors (Lipinski definition) is 3. The molecule has 2 fully saturated rings. The minimum Gasteiger partial charge on any atom is -0.489 e. The summed E-state index contributed by atoms with van der Waals surface area (Å²) in [5.41, 5.74) is 20.5. The maximum absolute atomic E-state index is 14.3. The van der Waals surface area contributed by atoms with Gasteiger partial charge in [-0.25, -0.2) is 38.7 Å². The van der Waals surface area contributed by atoms with Gasteiger partial charge in [0.15, 0.2) is 5.82 Å². The van der Waals surface area contributed by atoms with Gasteiger partial charge in [0.1, 0.15) is 88.5 Å². The fourth-order valence-corrected chi connectivity index (χ4v) is 9.82. The number of anilines is 2. The highest BCUT2D eigenvalue weighted by Gasteiger charge is 2.26. The number of likely N-dealkylation sites (N-methyl/N-ethyl adjacent to an activating group) is 1. The highest BCUT2D eigenvalue weighted by molar-refractivity contribution is 5.90. The number of nitrogens with zero attached hydrogens (tertiary/aromatic N) is 10. The lowest BCUT2D eigenvalue weighted by molar-refractivity contribution is -0.137. The van der Waals surface area contributed by atoms with Crippen molar-refractivity contribution in [3.63, 3.8) is 0 Å². The van der Waals surface area contributed by atoms with Crippen molar-refractivity contribution in [2.45, 2.75) is 90.3 Å². The summed E-state index contributed by atoms with van der Waals surface area (Å²) in [6.45, 7) is 11.8. The molecule has 2 aliphatic carbocycles. The number of aliphatic carboxylic acids is 1. The summed E-state index contributed by atoms with van der Waals surface area (Å²) in [6, 6.07) is 23.3. The molecule has 4 aromatic carbocycles. The van der Waals surface area contributed by atoms with Crippen LogP contribution in [-0.2, 0) is 18.0 Å². The van der Waals surface area contributed by atoms with Gasteiger partial charge in [-0.1, -0.05) is 32.3 Å². The zero-order valence-corrected chi connectivity index (χ0v) is 45.4. The molecule has 11 rings (SSSR count). The van der Waals surface area contributed by atoms with E-state index in [0.29, 0.717) is 75.3 Å². The third-order valence-electron chi connectivity index (χ3n) is 13.7. The Morgan fingerprint density at radius 3 is 1.53 bits per heavy atom. The second kappa shape index (κ2) is 26.0. The molecule has 0 radical (unpaired) electrons. The standard InChI is InChI=1S/C29H27FN6O2.C28H26FN5O2.C4H9NO2/c1-18-32-13-19(14-33-18)16-37-24-10-21(30)11-25(12-24)38-23-8-6-22(7-9-23)36-15-26(20-4-2-3-5-20)27-28(36)29(31)35-17-34-27;1-18-32-14-19(15-33-18)17-35-24-11-21(29)12-25(13-24)36-23-9-7-22(8-10-23)34-16-26(20-5-3-4-6-20)27(30)28(34)31-2;1-5(2)3-4(6)7/h6-15,17,20H,2-5,16H2,1H3,(H2,31,34,35);7-16,20H,3-6,17,30H2,1H3;3H2,1-2H3,(H,6,7). The lowest BCUT2D eigenvalue weighted by Gasteiger charge is -2.11. The van der Waals surface area contributed by atoms with Crippen molar-refractivity contribution in [2.75, 3.05) is 32.1 Å². The number of halogens is 2. The maximum Gasteiger partial charge on any atom is 0.317 e. The number of carboxylic acid groups (broad SMARTS) is 1. The van der Waals surface area contributed by atoms with Gasteiger partial charge in [-0.05, 0) is 120 Å². The molecule has 9 aromatic rings. The van der Waals surface area contributed by atoms with Crippen molar-refractivity contribution < 1.29 is 37.6 Å². The minimum atomic E-state index is -0.787. The van der Waals surface area contributed by atoms with Crippen molar-refractivity contribution in [3.05, 3.63) is 185 Å². The second-order valence-corrected chi connectivity index (χ2v) is 20.1. The van der Waals surface area contributed by atoms with E-state index in [1.54, 1.807) is 75.0 Å². The molecule has 416 valence electrons. The monoisotopic (exact) mass is 1100 g/mol.